The molecule has 2 N–H and O–H groups in total. The molecule has 0 aliphatic heterocycles. The molecular formula is C9H9BNO3+. The molecule has 0 aliphatic carbocycles. The molecule has 0 fully saturated rings. The van der Waals surface area contributed by atoms with Crippen LogP contribution in [0.4, 0.5) is 0 Å². The summed E-state index contributed by atoms with van der Waals surface area (Å²) in [6, 6.07) is 11.2. The summed E-state index contributed by atoms with van der Waals surface area (Å²) >= 11 is 0. The van der Waals surface area contributed by atoms with Gasteiger partial charge in [-0.05, 0) is 16.9 Å². The van der Waals surface area contributed by atoms with E-state index in [1.165, 1.54) is 4.73 Å². The molecule has 0 aliphatic rings. The van der Waals surface area contributed by atoms with Crippen LogP contribution in [0.5, 0.6) is 0 Å². The third kappa shape index (κ3) is 1.68. The highest BCUT2D eigenvalue weighted by Gasteiger charge is 2.20. The van der Waals surface area contributed by atoms with E-state index in [4.69, 9.17) is 14.8 Å². The highest BCUT2D eigenvalue weighted by atomic mass is 16.7. The van der Waals surface area contributed by atoms with Gasteiger partial charge in [0.2, 0.25) is 6.20 Å². The molecule has 4 nitrogen and oxygen atoms in total. The summed E-state index contributed by atoms with van der Waals surface area (Å²) < 4.78 is 6.07. The number of nitrogens with zero attached hydrogens (tertiary/aromatic N) is 1. The van der Waals surface area contributed by atoms with Crippen molar-refractivity contribution in [1.82, 2.24) is 0 Å². The van der Waals surface area contributed by atoms with E-state index in [9.17, 15) is 0 Å². The average Bonchev–Trinajstić information content (AvgIpc) is 2.18. The van der Waals surface area contributed by atoms with E-state index in [0.29, 0.717) is 0 Å². The monoisotopic (exact) mass is 190 g/mol. The maximum Gasteiger partial charge on any atom is 0.771 e. The van der Waals surface area contributed by atoms with Gasteiger partial charge in [-0.1, -0.05) is 12.1 Å². The van der Waals surface area contributed by atoms with Gasteiger partial charge in [-0.25, -0.2) is 0 Å². The first-order valence-electron chi connectivity index (χ1n) is 4.20. The van der Waals surface area contributed by atoms with Gasteiger partial charge in [0, 0.05) is 12.1 Å². The van der Waals surface area contributed by atoms with Gasteiger partial charge in [-0.2, -0.15) is 0 Å². The van der Waals surface area contributed by atoms with Crippen molar-refractivity contribution >= 4 is 18.2 Å². The highest BCUT2D eigenvalue weighted by Crippen LogP contribution is 2.06. The molecule has 5 heteroatoms. The van der Waals surface area contributed by atoms with Crippen molar-refractivity contribution in [3.05, 3.63) is 42.6 Å². The minimum absolute atomic E-state index is 0.781. The molecule has 2 rings (SSSR count). The Morgan fingerprint density at radius 1 is 1.07 bits per heavy atom. The molecule has 0 saturated carbocycles. The number of rotatable bonds is 2. The van der Waals surface area contributed by atoms with Crippen molar-refractivity contribution in [2.75, 3.05) is 0 Å². The number of para-hydroxylation sites is 1. The molecule has 0 unspecified atom stereocenters. The fourth-order valence-corrected chi connectivity index (χ4v) is 1.33. The third-order valence-corrected chi connectivity index (χ3v) is 1.88. The second-order valence-electron chi connectivity index (χ2n) is 2.82. The number of aromatic nitrogens is 1. The second kappa shape index (κ2) is 3.65. The van der Waals surface area contributed by atoms with E-state index < -0.39 is 7.32 Å². The van der Waals surface area contributed by atoms with E-state index in [1.807, 2.05) is 30.3 Å². The lowest BCUT2D eigenvalue weighted by molar-refractivity contribution is -0.845. The van der Waals surface area contributed by atoms with Crippen molar-refractivity contribution in [3.63, 3.8) is 0 Å². The molecule has 0 amide bonds. The fraction of sp³-hybridized carbons (Fsp3) is 0. The van der Waals surface area contributed by atoms with Gasteiger partial charge in [0.15, 0.2) is 0 Å². The smallest absolute Gasteiger partial charge is 0.387 e. The van der Waals surface area contributed by atoms with Gasteiger partial charge in [0.05, 0.1) is 5.39 Å². The van der Waals surface area contributed by atoms with Crippen molar-refractivity contribution < 1.29 is 19.5 Å². The summed E-state index contributed by atoms with van der Waals surface area (Å²) in [5.41, 5.74) is 0.781. The first-order valence-corrected chi connectivity index (χ1v) is 4.20. The lowest BCUT2D eigenvalue weighted by atomic mass is 10.2. The fourth-order valence-electron chi connectivity index (χ4n) is 1.33. The minimum atomic E-state index is -1.81. The Bertz CT molecular complexity index is 442. The van der Waals surface area contributed by atoms with E-state index >= 15 is 0 Å². The van der Waals surface area contributed by atoms with E-state index in [1.54, 1.807) is 12.3 Å². The van der Waals surface area contributed by atoms with Crippen LogP contribution in [-0.4, -0.2) is 17.4 Å². The summed E-state index contributed by atoms with van der Waals surface area (Å²) in [7, 11) is -1.81. The standard InChI is InChI=1S/C9H9BNO3/c12-10(13)14-11-7-3-5-8-4-1-2-6-9(8)11/h1-7,12-13H/q+1. The largest absolute Gasteiger partial charge is 0.771 e. The normalized spacial score (nSPS) is 10.1. The Morgan fingerprint density at radius 3 is 2.57 bits per heavy atom. The van der Waals surface area contributed by atoms with Crippen molar-refractivity contribution in [1.29, 1.82) is 0 Å². The van der Waals surface area contributed by atoms with Gasteiger partial charge >= 0.3 is 7.32 Å². The molecule has 0 radical (unpaired) electrons. The van der Waals surface area contributed by atoms with Gasteiger partial charge < -0.3 is 10.0 Å². The summed E-state index contributed by atoms with van der Waals surface area (Å²) in [6.45, 7) is 0. The molecule has 0 atom stereocenters. The molecule has 70 valence electrons. The van der Waals surface area contributed by atoms with Gasteiger partial charge in [-0.15, -0.1) is 0 Å². The lowest BCUT2D eigenvalue weighted by Gasteiger charge is -1.98. The van der Waals surface area contributed by atoms with E-state index in [-0.39, 0.29) is 0 Å². The summed E-state index contributed by atoms with van der Waals surface area (Å²) in [5.74, 6) is 0. The molecule has 1 heterocycles. The Kier molecular flexibility index (Phi) is 2.34. The molecule has 2 aromatic rings. The SMILES string of the molecule is OB(O)O[n+]1cccc2ccccc21. The molecule has 0 bridgehead atoms. The lowest BCUT2D eigenvalue weighted by Crippen LogP contribution is -2.50. The molecule has 0 saturated heterocycles. The molecule has 1 aromatic carbocycles. The van der Waals surface area contributed by atoms with Gasteiger partial charge in [0.1, 0.15) is 0 Å². The van der Waals surface area contributed by atoms with Crippen LogP contribution in [0.3, 0.4) is 0 Å². The Morgan fingerprint density at radius 2 is 1.79 bits per heavy atom. The quantitative estimate of drug-likeness (QED) is 0.497. The molecule has 0 spiro atoms. The van der Waals surface area contributed by atoms with Crippen LogP contribution in [0.1, 0.15) is 0 Å². The van der Waals surface area contributed by atoms with Crippen LogP contribution in [-0.2, 0) is 0 Å². The van der Waals surface area contributed by atoms with Crippen LogP contribution in [0, 0.1) is 0 Å². The predicted octanol–water partition coefficient (Wildman–Crippen LogP) is -0.475. The second-order valence-corrected chi connectivity index (χ2v) is 2.82. The van der Waals surface area contributed by atoms with Crippen LogP contribution in [0.25, 0.3) is 10.9 Å². The van der Waals surface area contributed by atoms with Gasteiger partial charge in [0.25, 0.3) is 5.52 Å². The predicted molar refractivity (Wildman–Crippen MR) is 50.9 cm³/mol. The van der Waals surface area contributed by atoms with Crippen LogP contribution in [0.15, 0.2) is 42.6 Å². The number of pyridine rings is 1. The van der Waals surface area contributed by atoms with Crippen molar-refractivity contribution in [2.24, 2.45) is 0 Å². The zero-order chi connectivity index (χ0) is 9.97. The maximum atomic E-state index is 8.68. The summed E-state index contributed by atoms with van der Waals surface area (Å²) in [4.78, 5) is 0. The van der Waals surface area contributed by atoms with E-state index in [2.05, 4.69) is 0 Å². The van der Waals surface area contributed by atoms with Crippen LogP contribution in [0.2, 0.25) is 0 Å². The Hall–Kier alpha value is -1.59. The number of benzene rings is 1. The first kappa shape index (κ1) is 8.99. The first-order chi connectivity index (χ1) is 6.77. The van der Waals surface area contributed by atoms with Crippen molar-refractivity contribution in [3.8, 4) is 0 Å². The highest BCUT2D eigenvalue weighted by molar-refractivity contribution is 6.32. The van der Waals surface area contributed by atoms with Crippen molar-refractivity contribution in [2.45, 2.75) is 0 Å². The number of fused-ring (bicyclic) bond motifs is 1. The zero-order valence-electron chi connectivity index (χ0n) is 7.37. The Balaban J connectivity index is 2.53. The molecular weight excluding hydrogens is 181 g/mol. The third-order valence-electron chi connectivity index (χ3n) is 1.88. The molecule has 14 heavy (non-hydrogen) atoms. The summed E-state index contributed by atoms with van der Waals surface area (Å²) in [5, 5.41) is 18.3. The number of hydrogen-bond donors (Lipinski definition) is 2. The molecule has 1 aromatic heterocycles. The topological polar surface area (TPSA) is 53.6 Å². The van der Waals surface area contributed by atoms with E-state index in [0.717, 1.165) is 10.9 Å². The maximum absolute atomic E-state index is 8.68. The zero-order valence-corrected chi connectivity index (χ0v) is 7.37. The van der Waals surface area contributed by atoms with Crippen LogP contribution < -0.4 is 9.49 Å². The average molecular weight is 190 g/mol. The van der Waals surface area contributed by atoms with Gasteiger partial charge in [-0.3, -0.25) is 4.76 Å². The van der Waals surface area contributed by atoms with Crippen LogP contribution >= 0.6 is 0 Å². The summed E-state index contributed by atoms with van der Waals surface area (Å²) in [6.07, 6.45) is 1.61. The number of hydrogen-bond acceptors (Lipinski definition) is 3. The Labute approximate surface area is 81.1 Å². The minimum Gasteiger partial charge on any atom is -0.387 e.